The van der Waals surface area contributed by atoms with Gasteiger partial charge in [0.05, 0.1) is 5.57 Å². The van der Waals surface area contributed by atoms with E-state index in [0.29, 0.717) is 29.9 Å². The number of fused-ring (bicyclic) bond motifs is 2. The van der Waals surface area contributed by atoms with Crippen molar-refractivity contribution in [2.24, 2.45) is 0 Å². The van der Waals surface area contributed by atoms with Crippen LogP contribution in [0.3, 0.4) is 0 Å². The van der Waals surface area contributed by atoms with Crippen molar-refractivity contribution in [2.75, 3.05) is 0 Å². The highest BCUT2D eigenvalue weighted by Crippen LogP contribution is 2.47. The van der Waals surface area contributed by atoms with Gasteiger partial charge >= 0.3 is 0 Å². The Morgan fingerprint density at radius 3 is 2.52 bits per heavy atom. The standard InChI is InChI=1S/C23H23ClO3/c1-3-14-5-6-16(15-7-9-17(24)10-8-15)13-18(14)20-21(25)19-11-12-23(4-2,27-19)22(20)26/h5-10,13,19,26H,3-4,11-12H2,1-2H3/t19-,23+/m0/s1. The maximum absolute atomic E-state index is 13.1. The van der Waals surface area contributed by atoms with Crippen LogP contribution in [-0.4, -0.2) is 22.6 Å². The molecule has 2 atom stereocenters. The number of carbonyl (C=O) groups is 1. The molecule has 0 unspecified atom stereocenters. The van der Waals surface area contributed by atoms with Crippen LogP contribution in [0.1, 0.15) is 44.2 Å². The van der Waals surface area contributed by atoms with E-state index >= 15 is 0 Å². The second-order valence-electron chi connectivity index (χ2n) is 7.31. The van der Waals surface area contributed by atoms with Gasteiger partial charge in [-0.05, 0) is 66.1 Å². The first-order valence-electron chi connectivity index (χ1n) is 9.54. The lowest BCUT2D eigenvalue weighted by atomic mass is 9.85. The van der Waals surface area contributed by atoms with Crippen molar-refractivity contribution >= 4 is 23.0 Å². The van der Waals surface area contributed by atoms with Crippen molar-refractivity contribution in [1.29, 1.82) is 0 Å². The minimum absolute atomic E-state index is 0.1000. The molecular formula is C23H23ClO3. The Morgan fingerprint density at radius 2 is 1.85 bits per heavy atom. The quantitative estimate of drug-likeness (QED) is 0.732. The van der Waals surface area contributed by atoms with Gasteiger partial charge in [-0.1, -0.05) is 49.7 Å². The van der Waals surface area contributed by atoms with E-state index in [4.69, 9.17) is 16.3 Å². The first kappa shape index (κ1) is 18.3. The number of ketones is 1. The van der Waals surface area contributed by atoms with Gasteiger partial charge < -0.3 is 9.84 Å². The summed E-state index contributed by atoms with van der Waals surface area (Å²) < 4.78 is 5.94. The lowest BCUT2D eigenvalue weighted by Gasteiger charge is -2.33. The summed E-state index contributed by atoms with van der Waals surface area (Å²) >= 11 is 6.01. The van der Waals surface area contributed by atoms with Crippen LogP contribution in [0.25, 0.3) is 16.7 Å². The van der Waals surface area contributed by atoms with Gasteiger partial charge in [-0.2, -0.15) is 0 Å². The van der Waals surface area contributed by atoms with E-state index in [0.717, 1.165) is 28.7 Å². The summed E-state index contributed by atoms with van der Waals surface area (Å²) in [6.45, 7) is 4.06. The molecule has 1 fully saturated rings. The molecule has 4 rings (SSSR count). The van der Waals surface area contributed by atoms with E-state index in [9.17, 15) is 9.90 Å². The zero-order valence-corrected chi connectivity index (χ0v) is 16.3. The first-order valence-corrected chi connectivity index (χ1v) is 9.92. The Balaban J connectivity index is 1.89. The molecule has 2 bridgehead atoms. The van der Waals surface area contributed by atoms with Crippen LogP contribution < -0.4 is 0 Å². The largest absolute Gasteiger partial charge is 0.508 e. The molecule has 3 nitrogen and oxygen atoms in total. The number of aryl methyl sites for hydroxylation is 1. The smallest absolute Gasteiger partial charge is 0.195 e. The molecule has 1 N–H and O–H groups in total. The fourth-order valence-electron chi connectivity index (χ4n) is 4.25. The number of hydrogen-bond donors (Lipinski definition) is 1. The fourth-order valence-corrected chi connectivity index (χ4v) is 4.37. The summed E-state index contributed by atoms with van der Waals surface area (Å²) in [5, 5.41) is 11.7. The van der Waals surface area contributed by atoms with Crippen molar-refractivity contribution in [3.05, 3.63) is 64.4 Å². The number of Topliss-reactive ketones (excluding diaryl/α,β-unsaturated/α-hetero) is 1. The van der Waals surface area contributed by atoms with Crippen LogP contribution in [0.2, 0.25) is 5.02 Å². The molecule has 1 saturated heterocycles. The van der Waals surface area contributed by atoms with Crippen LogP contribution in [0.4, 0.5) is 0 Å². The number of halogens is 1. The number of ether oxygens (including phenoxy) is 1. The molecule has 0 spiro atoms. The summed E-state index contributed by atoms with van der Waals surface area (Å²) in [5.74, 6) is 0.00346. The van der Waals surface area contributed by atoms with Crippen molar-refractivity contribution < 1.29 is 14.6 Å². The van der Waals surface area contributed by atoms with E-state index in [1.54, 1.807) is 0 Å². The van der Waals surface area contributed by atoms with Gasteiger partial charge in [0.1, 0.15) is 17.5 Å². The van der Waals surface area contributed by atoms with Gasteiger partial charge in [0.15, 0.2) is 5.78 Å². The topological polar surface area (TPSA) is 46.5 Å². The average molecular weight is 383 g/mol. The SMILES string of the molecule is CCc1ccc(-c2ccc(Cl)cc2)cc1C1=C(O)[C@@]2(CC)CC[C@H](O2)C1=O. The lowest BCUT2D eigenvalue weighted by molar-refractivity contribution is -0.132. The predicted molar refractivity (Wildman–Crippen MR) is 108 cm³/mol. The van der Waals surface area contributed by atoms with Crippen LogP contribution >= 0.6 is 11.6 Å². The van der Waals surface area contributed by atoms with E-state index in [1.807, 2.05) is 43.3 Å². The molecule has 27 heavy (non-hydrogen) atoms. The molecule has 0 saturated carbocycles. The Labute approximate surface area is 164 Å². The summed E-state index contributed by atoms with van der Waals surface area (Å²) in [7, 11) is 0. The van der Waals surface area contributed by atoms with Gasteiger partial charge in [-0.25, -0.2) is 0 Å². The monoisotopic (exact) mass is 382 g/mol. The van der Waals surface area contributed by atoms with Crippen LogP contribution in [-0.2, 0) is 16.0 Å². The van der Waals surface area contributed by atoms with Crippen molar-refractivity contribution in [3.63, 3.8) is 0 Å². The molecular weight excluding hydrogens is 360 g/mol. The van der Waals surface area contributed by atoms with Crippen molar-refractivity contribution in [2.45, 2.75) is 51.2 Å². The number of hydrogen-bond acceptors (Lipinski definition) is 3. The Kier molecular flexibility index (Phi) is 4.61. The van der Waals surface area contributed by atoms with Crippen LogP contribution in [0.15, 0.2) is 48.2 Å². The minimum atomic E-state index is -0.713. The molecule has 0 aliphatic carbocycles. The van der Waals surface area contributed by atoms with Gasteiger partial charge in [0.25, 0.3) is 0 Å². The van der Waals surface area contributed by atoms with Gasteiger partial charge in [0, 0.05) is 5.02 Å². The summed E-state index contributed by atoms with van der Waals surface area (Å²) in [6, 6.07) is 13.7. The first-order chi connectivity index (χ1) is 13.0. The van der Waals surface area contributed by atoms with Crippen molar-refractivity contribution in [3.8, 4) is 11.1 Å². The van der Waals surface area contributed by atoms with E-state index in [1.165, 1.54) is 0 Å². The van der Waals surface area contributed by atoms with Gasteiger partial charge in [-0.15, -0.1) is 0 Å². The molecule has 2 aromatic carbocycles. The number of rotatable bonds is 4. The van der Waals surface area contributed by atoms with Crippen LogP contribution in [0.5, 0.6) is 0 Å². The number of benzene rings is 2. The number of carbonyl (C=O) groups excluding carboxylic acids is 1. The molecule has 2 aliphatic heterocycles. The van der Waals surface area contributed by atoms with Crippen LogP contribution in [0, 0.1) is 0 Å². The third-order valence-corrected chi connectivity index (χ3v) is 6.15. The number of aliphatic hydroxyl groups is 1. The lowest BCUT2D eigenvalue weighted by Crippen LogP contribution is -2.39. The van der Waals surface area contributed by atoms with E-state index in [-0.39, 0.29) is 11.5 Å². The predicted octanol–water partition coefficient (Wildman–Crippen LogP) is 5.75. The van der Waals surface area contributed by atoms with Gasteiger partial charge in [-0.3, -0.25) is 4.79 Å². The Bertz CT molecular complexity index is 929. The molecule has 0 radical (unpaired) electrons. The molecule has 2 heterocycles. The summed E-state index contributed by atoms with van der Waals surface area (Å²) in [4.78, 5) is 13.1. The average Bonchev–Trinajstić information content (AvgIpc) is 3.10. The summed E-state index contributed by atoms with van der Waals surface area (Å²) in [6.07, 6.45) is 2.35. The molecule has 0 amide bonds. The summed E-state index contributed by atoms with van der Waals surface area (Å²) in [5.41, 5.74) is 3.62. The normalized spacial score (nSPS) is 24.6. The minimum Gasteiger partial charge on any atom is -0.508 e. The maximum atomic E-state index is 13.1. The Hall–Kier alpha value is -2.10. The van der Waals surface area contributed by atoms with Gasteiger partial charge in [0.2, 0.25) is 0 Å². The third kappa shape index (κ3) is 2.90. The van der Waals surface area contributed by atoms with E-state index in [2.05, 4.69) is 13.0 Å². The molecule has 140 valence electrons. The van der Waals surface area contributed by atoms with Crippen molar-refractivity contribution in [1.82, 2.24) is 0 Å². The zero-order chi connectivity index (χ0) is 19.2. The third-order valence-electron chi connectivity index (χ3n) is 5.89. The highest BCUT2D eigenvalue weighted by Gasteiger charge is 2.52. The highest BCUT2D eigenvalue weighted by atomic mass is 35.5. The maximum Gasteiger partial charge on any atom is 0.195 e. The fraction of sp³-hybridized carbons (Fsp3) is 0.348. The number of aliphatic hydroxyl groups excluding tert-OH is 1. The molecule has 4 heteroatoms. The highest BCUT2D eigenvalue weighted by molar-refractivity contribution is 6.30. The second kappa shape index (κ2) is 6.81. The molecule has 2 aliphatic rings. The molecule has 2 aromatic rings. The van der Waals surface area contributed by atoms with E-state index < -0.39 is 11.7 Å². The zero-order valence-electron chi connectivity index (χ0n) is 15.6. The Morgan fingerprint density at radius 1 is 1.15 bits per heavy atom. The second-order valence-corrected chi connectivity index (χ2v) is 7.75. The molecule has 0 aromatic heterocycles.